The molecule has 4 heteroatoms. The van der Waals surface area contributed by atoms with Gasteiger partial charge in [0.2, 0.25) is 0 Å². The standard InChI is InChI=1S/C15H21NO2S/c1-3-18-14(17)10-19-13-9-8-11-6-4-5-7-12(11)15(13)16-2/h4-7,13,15-16H,3,8-10H2,1-2H3. The van der Waals surface area contributed by atoms with Crippen LogP contribution in [0, 0.1) is 0 Å². The summed E-state index contributed by atoms with van der Waals surface area (Å²) in [6.45, 7) is 2.30. The van der Waals surface area contributed by atoms with Crippen molar-refractivity contribution in [3.63, 3.8) is 0 Å². The molecule has 0 saturated heterocycles. The molecule has 0 saturated carbocycles. The predicted octanol–water partition coefficient (Wildman–Crippen LogP) is 2.56. The maximum atomic E-state index is 11.5. The van der Waals surface area contributed by atoms with Crippen LogP contribution < -0.4 is 5.32 Å². The Kier molecular flexibility index (Phi) is 5.28. The molecule has 19 heavy (non-hydrogen) atoms. The maximum absolute atomic E-state index is 11.5. The molecule has 2 rings (SSSR count). The van der Waals surface area contributed by atoms with Crippen molar-refractivity contribution in [2.24, 2.45) is 0 Å². The highest BCUT2D eigenvalue weighted by Gasteiger charge is 2.28. The molecule has 0 radical (unpaired) electrons. The van der Waals surface area contributed by atoms with Gasteiger partial charge in [0, 0.05) is 11.3 Å². The Balaban J connectivity index is 2.01. The van der Waals surface area contributed by atoms with E-state index in [1.807, 2.05) is 14.0 Å². The molecule has 2 unspecified atom stereocenters. The average molecular weight is 279 g/mol. The Morgan fingerprint density at radius 3 is 3.00 bits per heavy atom. The molecule has 1 aromatic rings. The second kappa shape index (κ2) is 6.96. The van der Waals surface area contributed by atoms with E-state index in [2.05, 4.69) is 29.6 Å². The molecule has 0 aromatic heterocycles. The third kappa shape index (κ3) is 3.51. The van der Waals surface area contributed by atoms with Crippen molar-refractivity contribution in [3.05, 3.63) is 35.4 Å². The summed E-state index contributed by atoms with van der Waals surface area (Å²) < 4.78 is 4.99. The first-order chi connectivity index (χ1) is 9.26. The molecular formula is C15H21NO2S. The summed E-state index contributed by atoms with van der Waals surface area (Å²) in [7, 11) is 1.99. The third-order valence-corrected chi connectivity index (χ3v) is 4.83. The van der Waals surface area contributed by atoms with Crippen molar-refractivity contribution in [2.45, 2.75) is 31.1 Å². The molecule has 1 aromatic carbocycles. The number of aryl methyl sites for hydroxylation is 1. The lowest BCUT2D eigenvalue weighted by atomic mass is 9.87. The summed E-state index contributed by atoms with van der Waals surface area (Å²) in [4.78, 5) is 11.5. The number of hydrogen-bond acceptors (Lipinski definition) is 4. The van der Waals surface area contributed by atoms with Gasteiger partial charge in [-0.05, 0) is 37.9 Å². The van der Waals surface area contributed by atoms with Crippen LogP contribution in [-0.4, -0.2) is 30.6 Å². The van der Waals surface area contributed by atoms with Crippen LogP contribution in [0.15, 0.2) is 24.3 Å². The third-order valence-electron chi connectivity index (χ3n) is 3.49. The van der Waals surface area contributed by atoms with Gasteiger partial charge in [-0.2, -0.15) is 0 Å². The van der Waals surface area contributed by atoms with Gasteiger partial charge in [0.15, 0.2) is 0 Å². The van der Waals surface area contributed by atoms with Crippen molar-refractivity contribution in [1.29, 1.82) is 0 Å². The molecule has 0 amide bonds. The van der Waals surface area contributed by atoms with Gasteiger partial charge in [-0.1, -0.05) is 24.3 Å². The van der Waals surface area contributed by atoms with Crippen molar-refractivity contribution in [2.75, 3.05) is 19.4 Å². The number of ether oxygens (including phenoxy) is 1. The fourth-order valence-electron chi connectivity index (χ4n) is 2.63. The van der Waals surface area contributed by atoms with E-state index in [4.69, 9.17) is 4.74 Å². The lowest BCUT2D eigenvalue weighted by molar-refractivity contribution is -0.139. The predicted molar refractivity (Wildman–Crippen MR) is 79.4 cm³/mol. The summed E-state index contributed by atoms with van der Waals surface area (Å²) in [5.41, 5.74) is 2.80. The Hall–Kier alpha value is -1.00. The fraction of sp³-hybridized carbons (Fsp3) is 0.533. The number of rotatable bonds is 5. The second-order valence-corrected chi connectivity index (χ2v) is 5.89. The van der Waals surface area contributed by atoms with Crippen LogP contribution in [0.3, 0.4) is 0 Å². The number of thioether (sulfide) groups is 1. The second-order valence-electron chi connectivity index (χ2n) is 4.66. The molecule has 0 bridgehead atoms. The van der Waals surface area contributed by atoms with Crippen LogP contribution in [0.5, 0.6) is 0 Å². The number of carbonyl (C=O) groups is 1. The summed E-state index contributed by atoms with van der Waals surface area (Å²) in [6.07, 6.45) is 2.20. The van der Waals surface area contributed by atoms with E-state index in [1.54, 1.807) is 11.8 Å². The normalized spacial score (nSPS) is 21.8. The quantitative estimate of drug-likeness (QED) is 0.841. The monoisotopic (exact) mass is 279 g/mol. The molecule has 3 nitrogen and oxygen atoms in total. The Morgan fingerprint density at radius 2 is 2.26 bits per heavy atom. The molecule has 0 spiro atoms. The van der Waals surface area contributed by atoms with Crippen LogP contribution >= 0.6 is 11.8 Å². The van der Waals surface area contributed by atoms with Gasteiger partial charge >= 0.3 is 5.97 Å². The highest BCUT2D eigenvalue weighted by Crippen LogP contribution is 2.36. The summed E-state index contributed by atoms with van der Waals surface area (Å²) in [5.74, 6) is 0.333. The van der Waals surface area contributed by atoms with Gasteiger partial charge in [0.05, 0.1) is 12.4 Å². The minimum atomic E-state index is -0.110. The van der Waals surface area contributed by atoms with Crippen LogP contribution in [0.4, 0.5) is 0 Å². The number of nitrogens with one attached hydrogen (secondary N) is 1. The van der Waals surface area contributed by atoms with E-state index >= 15 is 0 Å². The van der Waals surface area contributed by atoms with Crippen LogP contribution in [0.2, 0.25) is 0 Å². The van der Waals surface area contributed by atoms with E-state index in [0.717, 1.165) is 12.8 Å². The number of carbonyl (C=O) groups excluding carboxylic acids is 1. The number of benzene rings is 1. The zero-order valence-electron chi connectivity index (χ0n) is 11.5. The van der Waals surface area contributed by atoms with Crippen molar-refractivity contribution in [1.82, 2.24) is 5.32 Å². The molecule has 104 valence electrons. The van der Waals surface area contributed by atoms with Crippen LogP contribution in [0.1, 0.15) is 30.5 Å². The molecular weight excluding hydrogens is 258 g/mol. The van der Waals surface area contributed by atoms with Crippen LogP contribution in [0.25, 0.3) is 0 Å². The minimum absolute atomic E-state index is 0.110. The van der Waals surface area contributed by atoms with E-state index in [9.17, 15) is 4.79 Å². The van der Waals surface area contributed by atoms with E-state index in [-0.39, 0.29) is 5.97 Å². The summed E-state index contributed by atoms with van der Waals surface area (Å²) in [6, 6.07) is 8.89. The Labute approximate surface area is 119 Å². The van der Waals surface area contributed by atoms with Gasteiger partial charge in [0.25, 0.3) is 0 Å². The largest absolute Gasteiger partial charge is 0.465 e. The minimum Gasteiger partial charge on any atom is -0.465 e. The topological polar surface area (TPSA) is 38.3 Å². The summed E-state index contributed by atoms with van der Waals surface area (Å²) in [5, 5.41) is 3.83. The highest BCUT2D eigenvalue weighted by atomic mass is 32.2. The first-order valence-electron chi connectivity index (χ1n) is 6.78. The molecule has 1 aliphatic rings. The zero-order valence-corrected chi connectivity index (χ0v) is 12.3. The highest BCUT2D eigenvalue weighted by molar-refractivity contribution is 8.00. The van der Waals surface area contributed by atoms with Crippen molar-refractivity contribution in [3.8, 4) is 0 Å². The van der Waals surface area contributed by atoms with Gasteiger partial charge in [-0.15, -0.1) is 11.8 Å². The first kappa shape index (κ1) is 14.4. The molecule has 0 fully saturated rings. The van der Waals surface area contributed by atoms with Gasteiger partial charge in [-0.3, -0.25) is 4.79 Å². The smallest absolute Gasteiger partial charge is 0.315 e. The van der Waals surface area contributed by atoms with Crippen molar-refractivity contribution < 1.29 is 9.53 Å². The zero-order chi connectivity index (χ0) is 13.7. The molecule has 1 aliphatic carbocycles. The average Bonchev–Trinajstić information content (AvgIpc) is 2.44. The van der Waals surface area contributed by atoms with Gasteiger partial charge < -0.3 is 10.1 Å². The van der Waals surface area contributed by atoms with Crippen LogP contribution in [-0.2, 0) is 16.0 Å². The fourth-order valence-corrected chi connectivity index (χ4v) is 3.82. The Bertz CT molecular complexity index is 436. The maximum Gasteiger partial charge on any atom is 0.315 e. The number of hydrogen-bond donors (Lipinski definition) is 1. The number of esters is 1. The van der Waals surface area contributed by atoms with E-state index < -0.39 is 0 Å². The van der Waals surface area contributed by atoms with Crippen molar-refractivity contribution >= 4 is 17.7 Å². The first-order valence-corrected chi connectivity index (χ1v) is 7.83. The van der Waals surface area contributed by atoms with E-state index in [0.29, 0.717) is 23.7 Å². The molecule has 0 aliphatic heterocycles. The lowest BCUT2D eigenvalue weighted by Gasteiger charge is -2.32. The summed E-state index contributed by atoms with van der Waals surface area (Å²) >= 11 is 1.70. The van der Waals surface area contributed by atoms with Gasteiger partial charge in [-0.25, -0.2) is 0 Å². The van der Waals surface area contributed by atoms with E-state index in [1.165, 1.54) is 11.1 Å². The Morgan fingerprint density at radius 1 is 1.47 bits per heavy atom. The van der Waals surface area contributed by atoms with Gasteiger partial charge in [0.1, 0.15) is 0 Å². The SMILES string of the molecule is CCOC(=O)CSC1CCc2ccccc2C1NC. The molecule has 2 atom stereocenters. The molecule has 0 heterocycles. The molecule has 1 N–H and O–H groups in total. The number of fused-ring (bicyclic) bond motifs is 1. The lowest BCUT2D eigenvalue weighted by Crippen LogP contribution is -2.32.